The van der Waals surface area contributed by atoms with E-state index in [0.717, 1.165) is 29.7 Å². The van der Waals surface area contributed by atoms with Crippen LogP contribution in [-0.2, 0) is 11.2 Å². The van der Waals surface area contributed by atoms with Crippen LogP contribution < -0.4 is 5.32 Å². The van der Waals surface area contributed by atoms with Gasteiger partial charge in [-0.05, 0) is 54.9 Å². The van der Waals surface area contributed by atoms with Gasteiger partial charge in [0.2, 0.25) is 0 Å². The van der Waals surface area contributed by atoms with Crippen molar-refractivity contribution in [2.24, 2.45) is 11.8 Å². The minimum atomic E-state index is -1.01. The Balaban J connectivity index is 1.69. The number of rotatable bonds is 8. The van der Waals surface area contributed by atoms with E-state index in [1.807, 2.05) is 38.1 Å². The van der Waals surface area contributed by atoms with E-state index in [-0.39, 0.29) is 11.8 Å². The molecule has 4 rings (SSSR count). The Bertz CT molecular complexity index is 1150. The van der Waals surface area contributed by atoms with Gasteiger partial charge in [-0.1, -0.05) is 63.9 Å². The lowest BCUT2D eigenvalue weighted by Gasteiger charge is -2.31. The van der Waals surface area contributed by atoms with E-state index >= 15 is 0 Å². The van der Waals surface area contributed by atoms with Gasteiger partial charge in [0.1, 0.15) is 11.9 Å². The van der Waals surface area contributed by atoms with Crippen molar-refractivity contribution in [2.75, 3.05) is 0 Å². The lowest BCUT2D eigenvalue weighted by Crippen LogP contribution is -2.41. The van der Waals surface area contributed by atoms with Gasteiger partial charge in [0.15, 0.2) is 0 Å². The van der Waals surface area contributed by atoms with Gasteiger partial charge in [-0.2, -0.15) is 0 Å². The van der Waals surface area contributed by atoms with E-state index < -0.39 is 12.0 Å². The number of aromatic nitrogens is 2. The highest BCUT2D eigenvalue weighted by atomic mass is 16.4. The number of carbonyl (C=O) groups is 2. The summed E-state index contributed by atoms with van der Waals surface area (Å²) >= 11 is 0. The lowest BCUT2D eigenvalue weighted by atomic mass is 9.85. The van der Waals surface area contributed by atoms with Crippen LogP contribution >= 0.6 is 0 Å². The molecule has 0 aliphatic heterocycles. The van der Waals surface area contributed by atoms with Crippen molar-refractivity contribution in [3.8, 4) is 0 Å². The number of carboxylic acid groups (broad SMARTS) is 1. The maximum atomic E-state index is 12.9. The molecule has 3 aromatic rings. The predicted molar refractivity (Wildman–Crippen MR) is 134 cm³/mol. The molecule has 0 saturated heterocycles. The summed E-state index contributed by atoms with van der Waals surface area (Å²) in [6.45, 7) is 6.22. The molecular formula is C28H35N3O3. The first kappa shape index (κ1) is 24.0. The van der Waals surface area contributed by atoms with Crippen LogP contribution in [0.5, 0.6) is 0 Å². The summed E-state index contributed by atoms with van der Waals surface area (Å²) in [4.78, 5) is 29.5. The summed E-state index contributed by atoms with van der Waals surface area (Å²) in [6.07, 6.45) is 5.94. The van der Waals surface area contributed by atoms with Crippen LogP contribution in [0.25, 0.3) is 11.0 Å². The lowest BCUT2D eigenvalue weighted by molar-refractivity contribution is -0.139. The third-order valence-corrected chi connectivity index (χ3v) is 6.94. The number of imidazole rings is 1. The number of hydrogen-bond donors (Lipinski definition) is 2. The number of carbonyl (C=O) groups excluding carboxylic acids is 1. The smallest absolute Gasteiger partial charge is 0.326 e. The highest BCUT2D eigenvalue weighted by Gasteiger charge is 2.28. The number of nitrogens with one attached hydrogen (secondary N) is 1. The molecule has 6 nitrogen and oxygen atoms in total. The first-order valence-electron chi connectivity index (χ1n) is 12.4. The van der Waals surface area contributed by atoms with Crippen LogP contribution in [0.3, 0.4) is 0 Å². The molecule has 2 aromatic carbocycles. The van der Waals surface area contributed by atoms with E-state index in [9.17, 15) is 14.7 Å². The van der Waals surface area contributed by atoms with Gasteiger partial charge in [-0.25, -0.2) is 9.78 Å². The van der Waals surface area contributed by atoms with Crippen molar-refractivity contribution in [2.45, 2.75) is 71.4 Å². The molecule has 2 N–H and O–H groups in total. The number of aliphatic carboxylic acids is 1. The molecule has 1 aromatic heterocycles. The molecule has 0 spiro atoms. The topological polar surface area (TPSA) is 84.2 Å². The van der Waals surface area contributed by atoms with E-state index in [4.69, 9.17) is 4.98 Å². The van der Waals surface area contributed by atoms with Gasteiger partial charge >= 0.3 is 5.97 Å². The molecule has 1 fully saturated rings. The fourth-order valence-corrected chi connectivity index (χ4v) is 5.18. The van der Waals surface area contributed by atoms with Gasteiger partial charge in [-0.3, -0.25) is 4.79 Å². The Morgan fingerprint density at radius 3 is 2.53 bits per heavy atom. The first-order chi connectivity index (χ1) is 16.3. The first-order valence-corrected chi connectivity index (χ1v) is 12.4. The predicted octanol–water partition coefficient (Wildman–Crippen LogP) is 5.61. The van der Waals surface area contributed by atoms with Gasteiger partial charge < -0.3 is 15.0 Å². The molecular weight excluding hydrogens is 426 g/mol. The van der Waals surface area contributed by atoms with Crippen molar-refractivity contribution < 1.29 is 14.7 Å². The van der Waals surface area contributed by atoms with Crippen LogP contribution in [0.4, 0.5) is 0 Å². The van der Waals surface area contributed by atoms with E-state index in [1.54, 1.807) is 12.1 Å². The minimum Gasteiger partial charge on any atom is -0.480 e. The van der Waals surface area contributed by atoms with Gasteiger partial charge in [-0.15, -0.1) is 0 Å². The van der Waals surface area contributed by atoms with Gasteiger partial charge in [0.05, 0.1) is 11.0 Å². The Morgan fingerprint density at radius 2 is 1.85 bits per heavy atom. The highest BCUT2D eigenvalue weighted by Crippen LogP contribution is 2.37. The van der Waals surface area contributed by atoms with Crippen molar-refractivity contribution in [1.29, 1.82) is 0 Å². The molecule has 1 aliphatic carbocycles. The SMILES string of the molecule is CC(C)C[C@H](NC(=O)c1ccc2c(c1)nc(Cc1ccccc1)n2C1CCCCC1C)C(=O)O. The third-order valence-electron chi connectivity index (χ3n) is 6.94. The average Bonchev–Trinajstić information content (AvgIpc) is 3.16. The molecule has 3 atom stereocenters. The standard InChI is InChI=1S/C28H35N3O3/c1-18(2)15-23(28(33)34)30-27(32)21-13-14-25-22(17-21)29-26(16-20-10-5-4-6-11-20)31(25)24-12-8-7-9-19(24)3/h4-6,10-11,13-14,17-19,23-24H,7-9,12,15-16H2,1-3H3,(H,30,32)(H,33,34)/t19?,23-,24?/m0/s1. The van der Waals surface area contributed by atoms with E-state index in [2.05, 4.69) is 28.9 Å². The number of fused-ring (bicyclic) bond motifs is 1. The van der Waals surface area contributed by atoms with E-state index in [0.29, 0.717) is 23.9 Å². The zero-order valence-electron chi connectivity index (χ0n) is 20.3. The van der Waals surface area contributed by atoms with Crippen molar-refractivity contribution in [3.05, 3.63) is 65.5 Å². The molecule has 0 bridgehead atoms. The average molecular weight is 462 g/mol. The number of hydrogen-bond acceptors (Lipinski definition) is 3. The summed E-state index contributed by atoms with van der Waals surface area (Å²) in [5, 5.41) is 12.2. The van der Waals surface area contributed by atoms with Crippen molar-refractivity contribution in [1.82, 2.24) is 14.9 Å². The fraction of sp³-hybridized carbons (Fsp3) is 0.464. The van der Waals surface area contributed by atoms with Crippen molar-refractivity contribution in [3.63, 3.8) is 0 Å². The summed E-state index contributed by atoms with van der Waals surface area (Å²) in [6, 6.07) is 15.4. The second-order valence-corrected chi connectivity index (χ2v) is 10.1. The number of nitrogens with zero attached hydrogens (tertiary/aromatic N) is 2. The molecule has 1 amide bonds. The Labute approximate surface area is 201 Å². The Morgan fingerprint density at radius 1 is 1.12 bits per heavy atom. The summed E-state index contributed by atoms with van der Waals surface area (Å²) in [5.41, 5.74) is 3.47. The number of carboxylic acids is 1. The second kappa shape index (κ2) is 10.4. The zero-order chi connectivity index (χ0) is 24.2. The molecule has 6 heteroatoms. The van der Waals surface area contributed by atoms with Crippen LogP contribution in [0.2, 0.25) is 0 Å². The van der Waals surface area contributed by atoms with Crippen LogP contribution in [0.15, 0.2) is 48.5 Å². The molecule has 1 saturated carbocycles. The molecule has 1 aliphatic rings. The Hall–Kier alpha value is -3.15. The number of benzene rings is 2. The van der Waals surface area contributed by atoms with Crippen LogP contribution in [0.1, 0.15) is 80.7 Å². The summed E-state index contributed by atoms with van der Waals surface area (Å²) in [7, 11) is 0. The van der Waals surface area contributed by atoms with Gasteiger partial charge in [0, 0.05) is 18.0 Å². The molecule has 34 heavy (non-hydrogen) atoms. The zero-order valence-corrected chi connectivity index (χ0v) is 20.3. The summed E-state index contributed by atoms with van der Waals surface area (Å²) in [5.74, 6) is 0.360. The maximum Gasteiger partial charge on any atom is 0.326 e. The summed E-state index contributed by atoms with van der Waals surface area (Å²) < 4.78 is 2.40. The second-order valence-electron chi connectivity index (χ2n) is 10.1. The normalized spacial score (nSPS) is 19.3. The Kier molecular flexibility index (Phi) is 7.35. The van der Waals surface area contributed by atoms with Crippen molar-refractivity contribution >= 4 is 22.9 Å². The highest BCUT2D eigenvalue weighted by molar-refractivity contribution is 5.99. The maximum absolute atomic E-state index is 12.9. The largest absolute Gasteiger partial charge is 0.480 e. The van der Waals surface area contributed by atoms with E-state index in [1.165, 1.54) is 24.8 Å². The molecule has 1 heterocycles. The van der Waals surface area contributed by atoms with Crippen LogP contribution in [-0.4, -0.2) is 32.6 Å². The number of amides is 1. The third kappa shape index (κ3) is 5.32. The van der Waals surface area contributed by atoms with Gasteiger partial charge in [0.25, 0.3) is 5.91 Å². The molecule has 0 radical (unpaired) electrons. The van der Waals surface area contributed by atoms with Crippen LogP contribution in [0, 0.1) is 11.8 Å². The monoisotopic (exact) mass is 461 g/mol. The fourth-order valence-electron chi connectivity index (χ4n) is 5.18. The molecule has 2 unspecified atom stereocenters. The molecule has 180 valence electrons. The minimum absolute atomic E-state index is 0.164. The quantitative estimate of drug-likeness (QED) is 0.457.